The van der Waals surface area contributed by atoms with Crippen LogP contribution >= 0.6 is 0 Å². The van der Waals surface area contributed by atoms with Gasteiger partial charge in [0.05, 0.1) is 5.69 Å². The Kier molecular flexibility index (Phi) is 2.37. The molecule has 0 atom stereocenters. The van der Waals surface area contributed by atoms with Crippen LogP contribution in [0.3, 0.4) is 0 Å². The van der Waals surface area contributed by atoms with Gasteiger partial charge in [0.1, 0.15) is 0 Å². The average Bonchev–Trinajstić information content (AvgIpc) is 2.64. The Balaban J connectivity index is 2.44. The molecular weight excluding hydrogens is 221 g/mol. The average molecular weight is 227 g/mol. The molecule has 2 heterocycles. The predicted molar refractivity (Wildman–Crippen MR) is 47.7 cm³/mol. The zero-order chi connectivity index (χ0) is 11.8. The van der Waals surface area contributed by atoms with Gasteiger partial charge in [-0.3, -0.25) is 0 Å². The van der Waals surface area contributed by atoms with Crippen molar-refractivity contribution in [2.45, 2.75) is 13.1 Å². The monoisotopic (exact) mass is 227 g/mol. The molecule has 0 fully saturated rings. The van der Waals surface area contributed by atoms with E-state index in [0.29, 0.717) is 5.69 Å². The third-order valence-electron chi connectivity index (χ3n) is 1.79. The number of halogens is 3. The van der Waals surface area contributed by atoms with Crippen molar-refractivity contribution < 1.29 is 13.2 Å². The molecule has 1 radical (unpaired) electrons. The summed E-state index contributed by atoms with van der Waals surface area (Å²) >= 11 is 0. The Morgan fingerprint density at radius 2 is 2.12 bits per heavy atom. The predicted octanol–water partition coefficient (Wildman–Crippen LogP) is 1.79. The molecule has 0 saturated heterocycles. The van der Waals surface area contributed by atoms with E-state index in [2.05, 4.69) is 15.1 Å². The van der Waals surface area contributed by atoms with E-state index in [4.69, 9.17) is 0 Å². The first-order valence-electron chi connectivity index (χ1n) is 4.31. The van der Waals surface area contributed by atoms with Crippen LogP contribution < -0.4 is 0 Å². The van der Waals surface area contributed by atoms with Crippen molar-refractivity contribution in [2.75, 3.05) is 0 Å². The summed E-state index contributed by atoms with van der Waals surface area (Å²) in [6.45, 7) is 1.72. The molecule has 2 aromatic heterocycles. The Morgan fingerprint density at radius 3 is 2.69 bits per heavy atom. The van der Waals surface area contributed by atoms with Gasteiger partial charge in [-0.05, 0) is 13.0 Å². The molecule has 7 heteroatoms. The van der Waals surface area contributed by atoms with Crippen LogP contribution in [0.2, 0.25) is 0 Å². The first-order chi connectivity index (χ1) is 7.47. The van der Waals surface area contributed by atoms with Gasteiger partial charge in [0.2, 0.25) is 0 Å². The maximum absolute atomic E-state index is 12.3. The number of hydrogen-bond acceptors (Lipinski definition) is 3. The van der Waals surface area contributed by atoms with E-state index in [9.17, 15) is 13.2 Å². The van der Waals surface area contributed by atoms with Gasteiger partial charge < -0.3 is 0 Å². The van der Waals surface area contributed by atoms with Crippen molar-refractivity contribution in [3.8, 4) is 5.95 Å². The second kappa shape index (κ2) is 3.58. The molecule has 16 heavy (non-hydrogen) atoms. The van der Waals surface area contributed by atoms with E-state index in [1.165, 1.54) is 10.9 Å². The third-order valence-corrected chi connectivity index (χ3v) is 1.79. The summed E-state index contributed by atoms with van der Waals surface area (Å²) in [6.07, 6.45) is -2.10. The van der Waals surface area contributed by atoms with Crippen molar-refractivity contribution in [1.29, 1.82) is 0 Å². The molecule has 0 spiro atoms. The lowest BCUT2D eigenvalue weighted by atomic mass is 10.4. The van der Waals surface area contributed by atoms with Crippen LogP contribution in [-0.4, -0.2) is 19.7 Å². The zero-order valence-corrected chi connectivity index (χ0v) is 8.15. The van der Waals surface area contributed by atoms with Crippen molar-refractivity contribution in [2.24, 2.45) is 0 Å². The Morgan fingerprint density at radius 1 is 1.38 bits per heavy atom. The number of aromatic nitrogens is 4. The molecule has 0 N–H and O–H groups in total. The molecule has 0 amide bonds. The second-order valence-corrected chi connectivity index (χ2v) is 3.06. The molecule has 0 aliphatic carbocycles. The van der Waals surface area contributed by atoms with Crippen LogP contribution in [0.4, 0.5) is 13.2 Å². The van der Waals surface area contributed by atoms with E-state index in [1.54, 1.807) is 13.0 Å². The minimum atomic E-state index is -4.53. The van der Waals surface area contributed by atoms with Gasteiger partial charge in [0.15, 0.2) is 5.69 Å². The van der Waals surface area contributed by atoms with Crippen LogP contribution in [0.5, 0.6) is 0 Å². The smallest absolute Gasteiger partial charge is 0.219 e. The number of rotatable bonds is 1. The normalized spacial score (nSPS) is 11.8. The van der Waals surface area contributed by atoms with Crippen LogP contribution in [-0.2, 0) is 6.18 Å². The van der Waals surface area contributed by atoms with Crippen LogP contribution in [0.15, 0.2) is 18.5 Å². The van der Waals surface area contributed by atoms with Gasteiger partial charge in [-0.1, -0.05) is 0 Å². The van der Waals surface area contributed by atoms with Crippen molar-refractivity contribution in [3.05, 3.63) is 35.9 Å². The highest BCUT2D eigenvalue weighted by atomic mass is 19.4. The van der Waals surface area contributed by atoms with Crippen molar-refractivity contribution in [1.82, 2.24) is 19.7 Å². The minimum Gasteiger partial charge on any atom is -0.219 e. The van der Waals surface area contributed by atoms with Crippen LogP contribution in [0.1, 0.15) is 11.4 Å². The highest BCUT2D eigenvalue weighted by molar-refractivity contribution is 5.15. The largest absolute Gasteiger partial charge is 0.434 e. The summed E-state index contributed by atoms with van der Waals surface area (Å²) in [5.74, 6) is -0.126. The Labute approximate surface area is 88.8 Å². The van der Waals surface area contributed by atoms with Gasteiger partial charge in [-0.25, -0.2) is 14.6 Å². The maximum atomic E-state index is 12.3. The van der Waals surface area contributed by atoms with Crippen LogP contribution in [0.25, 0.3) is 5.95 Å². The fraction of sp³-hybridized carbons (Fsp3) is 0.222. The fourth-order valence-electron chi connectivity index (χ4n) is 1.09. The quantitative estimate of drug-likeness (QED) is 0.745. The Hall–Kier alpha value is -1.92. The molecule has 0 unspecified atom stereocenters. The minimum absolute atomic E-state index is 0.126. The molecule has 4 nitrogen and oxygen atoms in total. The summed E-state index contributed by atoms with van der Waals surface area (Å²) in [4.78, 5) is 7.01. The lowest BCUT2D eigenvalue weighted by Gasteiger charge is -2.05. The second-order valence-electron chi connectivity index (χ2n) is 3.06. The topological polar surface area (TPSA) is 43.6 Å². The molecular formula is C9H6F3N4. The first-order valence-corrected chi connectivity index (χ1v) is 4.31. The molecule has 0 bridgehead atoms. The number of aryl methyl sites for hydroxylation is 1. The van der Waals surface area contributed by atoms with Crippen LogP contribution in [0, 0.1) is 13.0 Å². The van der Waals surface area contributed by atoms with Gasteiger partial charge >= 0.3 is 6.18 Å². The highest BCUT2D eigenvalue weighted by Crippen LogP contribution is 2.26. The lowest BCUT2D eigenvalue weighted by molar-refractivity contribution is -0.141. The van der Waals surface area contributed by atoms with E-state index in [0.717, 1.165) is 6.20 Å². The molecule has 83 valence electrons. The Bertz CT molecular complexity index is 503. The summed E-state index contributed by atoms with van der Waals surface area (Å²) < 4.78 is 38.2. The lowest BCUT2D eigenvalue weighted by Crippen LogP contribution is -2.12. The number of hydrogen-bond donors (Lipinski definition) is 0. The molecule has 0 aromatic carbocycles. The van der Waals surface area contributed by atoms with Gasteiger partial charge in [0, 0.05) is 18.5 Å². The summed E-state index contributed by atoms with van der Waals surface area (Å²) in [7, 11) is 0. The van der Waals surface area contributed by atoms with Gasteiger partial charge in [0.25, 0.3) is 5.95 Å². The molecule has 0 aliphatic heterocycles. The highest BCUT2D eigenvalue weighted by Gasteiger charge is 2.33. The van der Waals surface area contributed by atoms with Crippen molar-refractivity contribution in [3.63, 3.8) is 0 Å². The first kappa shape index (κ1) is 10.6. The molecule has 2 rings (SSSR count). The standard InChI is InChI=1S/C9H6F3N4/c1-6-3-5-16(15-6)8-13-4-2-7(14-8)9(10,11)12/h3-5H,1H3. The number of alkyl halides is 3. The summed E-state index contributed by atoms with van der Waals surface area (Å²) in [5.41, 5.74) is -0.435. The number of nitrogens with zero attached hydrogens (tertiary/aromatic N) is 4. The third kappa shape index (κ3) is 2.02. The van der Waals surface area contributed by atoms with E-state index >= 15 is 0 Å². The SMILES string of the molecule is Cc1ccn(-c2nc[c]c(C(F)(F)F)n2)n1. The summed E-state index contributed by atoms with van der Waals surface area (Å²) in [6, 6.07) is 3.58. The summed E-state index contributed by atoms with van der Waals surface area (Å²) in [5, 5.41) is 3.91. The fourth-order valence-corrected chi connectivity index (χ4v) is 1.09. The molecule has 0 aliphatic rings. The van der Waals surface area contributed by atoms with E-state index in [1.807, 2.05) is 6.07 Å². The van der Waals surface area contributed by atoms with Gasteiger partial charge in [-0.2, -0.15) is 18.3 Å². The molecule has 0 saturated carbocycles. The van der Waals surface area contributed by atoms with Gasteiger partial charge in [-0.15, -0.1) is 0 Å². The van der Waals surface area contributed by atoms with E-state index in [-0.39, 0.29) is 5.95 Å². The van der Waals surface area contributed by atoms with E-state index < -0.39 is 11.9 Å². The maximum Gasteiger partial charge on any atom is 0.434 e. The van der Waals surface area contributed by atoms with Crippen molar-refractivity contribution >= 4 is 0 Å². The zero-order valence-electron chi connectivity index (χ0n) is 8.15. The molecule has 2 aromatic rings.